The fraction of sp³-hybridized carbons (Fsp3) is 0.667. The summed E-state index contributed by atoms with van der Waals surface area (Å²) in [5.74, 6) is -0.364. The maximum atomic E-state index is 11.8. The second kappa shape index (κ2) is 8.12. The number of hydrogen-bond acceptors (Lipinski definition) is 5. The van der Waals surface area contributed by atoms with Crippen LogP contribution < -0.4 is 5.32 Å². The Kier molecular flexibility index (Phi) is 7.64. The molecule has 1 N–H and O–H groups in total. The lowest BCUT2D eigenvalue weighted by molar-refractivity contribution is -0.118. The van der Waals surface area contributed by atoms with Crippen LogP contribution in [0.3, 0.4) is 0 Å². The zero-order valence-electron chi connectivity index (χ0n) is 11.8. The molecule has 0 aliphatic carbocycles. The first-order valence-corrected chi connectivity index (χ1v) is 7.42. The lowest BCUT2D eigenvalue weighted by Gasteiger charge is -2.22. The van der Waals surface area contributed by atoms with E-state index in [1.807, 2.05) is 0 Å². The molecular formula is C12H22NO5P. The van der Waals surface area contributed by atoms with Crippen molar-refractivity contribution in [3.63, 3.8) is 0 Å². The Morgan fingerprint density at radius 2 is 2.00 bits per heavy atom. The maximum Gasteiger partial charge on any atom is 0.408 e. The van der Waals surface area contributed by atoms with Crippen LogP contribution >= 0.6 is 8.03 Å². The Morgan fingerprint density at radius 1 is 1.42 bits per heavy atom. The third-order valence-corrected chi connectivity index (χ3v) is 3.12. The standard InChI is InChI=1S/C12H22NO5P/c1-6-7-9(10(14)8-19(16)17-5)13-11(15)18-12(2,3)4/h6,9,19H,1,7-8H2,2-5H3,(H,13,15). The van der Waals surface area contributed by atoms with Gasteiger partial charge in [0.25, 0.3) is 0 Å². The van der Waals surface area contributed by atoms with Crippen LogP contribution in [0.15, 0.2) is 12.7 Å². The monoisotopic (exact) mass is 291 g/mol. The number of alkyl carbamates (subject to hydrolysis) is 1. The molecule has 0 rings (SSSR count). The number of rotatable bonds is 7. The zero-order valence-corrected chi connectivity index (χ0v) is 12.8. The Morgan fingerprint density at radius 3 is 2.42 bits per heavy atom. The lowest BCUT2D eigenvalue weighted by atomic mass is 10.1. The van der Waals surface area contributed by atoms with Gasteiger partial charge < -0.3 is 14.6 Å². The van der Waals surface area contributed by atoms with Crippen LogP contribution in [-0.2, 0) is 18.6 Å². The number of ketones is 1. The molecular weight excluding hydrogens is 269 g/mol. The van der Waals surface area contributed by atoms with Crippen LogP contribution in [0.2, 0.25) is 0 Å². The summed E-state index contributed by atoms with van der Waals surface area (Å²) in [7, 11) is -1.11. The predicted molar refractivity (Wildman–Crippen MR) is 73.9 cm³/mol. The summed E-state index contributed by atoms with van der Waals surface area (Å²) in [6.45, 7) is 8.69. The van der Waals surface area contributed by atoms with Crippen molar-refractivity contribution in [2.24, 2.45) is 0 Å². The Labute approximate surface area is 114 Å². The first-order chi connectivity index (χ1) is 8.69. The van der Waals surface area contributed by atoms with E-state index >= 15 is 0 Å². The summed E-state index contributed by atoms with van der Waals surface area (Å²) in [5, 5.41) is 2.44. The molecule has 19 heavy (non-hydrogen) atoms. The minimum absolute atomic E-state index is 0.213. The van der Waals surface area contributed by atoms with E-state index < -0.39 is 25.8 Å². The lowest BCUT2D eigenvalue weighted by Crippen LogP contribution is -2.43. The van der Waals surface area contributed by atoms with Gasteiger partial charge in [0, 0.05) is 7.11 Å². The molecule has 0 aromatic rings. The van der Waals surface area contributed by atoms with Crippen LogP contribution in [0.4, 0.5) is 4.79 Å². The van der Waals surface area contributed by atoms with E-state index in [0.29, 0.717) is 0 Å². The van der Waals surface area contributed by atoms with E-state index in [1.165, 1.54) is 13.2 Å². The molecule has 0 fully saturated rings. The van der Waals surface area contributed by atoms with Crippen molar-refractivity contribution in [2.75, 3.05) is 13.3 Å². The molecule has 0 bridgehead atoms. The van der Waals surface area contributed by atoms with Crippen LogP contribution in [0.25, 0.3) is 0 Å². The smallest absolute Gasteiger partial charge is 0.408 e. The van der Waals surface area contributed by atoms with Gasteiger partial charge in [-0.3, -0.25) is 9.36 Å². The highest BCUT2D eigenvalue weighted by Gasteiger charge is 2.24. The van der Waals surface area contributed by atoms with E-state index in [4.69, 9.17) is 4.74 Å². The average Bonchev–Trinajstić information content (AvgIpc) is 2.25. The van der Waals surface area contributed by atoms with Crippen molar-refractivity contribution >= 4 is 19.9 Å². The maximum absolute atomic E-state index is 11.8. The topological polar surface area (TPSA) is 81.7 Å². The van der Waals surface area contributed by atoms with Gasteiger partial charge in [-0.15, -0.1) is 6.58 Å². The summed E-state index contributed by atoms with van der Waals surface area (Å²) < 4.78 is 20.9. The molecule has 1 amide bonds. The molecule has 0 aromatic heterocycles. The summed E-state index contributed by atoms with van der Waals surface area (Å²) >= 11 is 0. The summed E-state index contributed by atoms with van der Waals surface area (Å²) in [4.78, 5) is 23.4. The van der Waals surface area contributed by atoms with Crippen molar-refractivity contribution in [1.29, 1.82) is 0 Å². The van der Waals surface area contributed by atoms with Gasteiger partial charge in [0.05, 0.1) is 12.2 Å². The number of nitrogens with one attached hydrogen (secondary N) is 1. The molecule has 0 saturated carbocycles. The molecule has 0 saturated heterocycles. The van der Waals surface area contributed by atoms with E-state index in [9.17, 15) is 14.2 Å². The molecule has 2 unspecified atom stereocenters. The third-order valence-electron chi connectivity index (χ3n) is 2.03. The Hall–Kier alpha value is -1.13. The first kappa shape index (κ1) is 17.9. The van der Waals surface area contributed by atoms with Crippen molar-refractivity contribution < 1.29 is 23.4 Å². The SMILES string of the molecule is C=CCC(NC(=O)OC(C)(C)C)C(=O)C[PH](=O)OC. The van der Waals surface area contributed by atoms with Crippen LogP contribution in [0.1, 0.15) is 27.2 Å². The number of carbonyl (C=O) groups excluding carboxylic acids is 2. The number of amides is 1. The van der Waals surface area contributed by atoms with Gasteiger partial charge in [0.2, 0.25) is 0 Å². The fourth-order valence-electron chi connectivity index (χ4n) is 1.22. The van der Waals surface area contributed by atoms with Crippen molar-refractivity contribution in [3.8, 4) is 0 Å². The quantitative estimate of drug-likeness (QED) is 0.574. The molecule has 0 spiro atoms. The highest BCUT2D eigenvalue weighted by Crippen LogP contribution is 2.20. The predicted octanol–water partition coefficient (Wildman–Crippen LogP) is 2.15. The van der Waals surface area contributed by atoms with Crippen LogP contribution in [0, 0.1) is 0 Å². The minimum Gasteiger partial charge on any atom is -0.444 e. The summed E-state index contributed by atoms with van der Waals surface area (Å²) in [6, 6.07) is -0.795. The molecule has 7 heteroatoms. The minimum atomic E-state index is -2.39. The van der Waals surface area contributed by atoms with E-state index in [0.717, 1.165) is 0 Å². The van der Waals surface area contributed by atoms with Crippen molar-refractivity contribution in [2.45, 2.75) is 38.8 Å². The number of carbonyl (C=O) groups is 2. The number of Topliss-reactive ketones (excluding diaryl/α,β-unsaturated/α-hetero) is 1. The molecule has 0 aliphatic heterocycles. The average molecular weight is 291 g/mol. The van der Waals surface area contributed by atoms with Gasteiger partial charge in [-0.1, -0.05) is 6.08 Å². The van der Waals surface area contributed by atoms with Gasteiger partial charge in [0.1, 0.15) is 5.60 Å². The van der Waals surface area contributed by atoms with E-state index in [1.54, 1.807) is 20.8 Å². The van der Waals surface area contributed by atoms with E-state index in [-0.39, 0.29) is 18.4 Å². The van der Waals surface area contributed by atoms with Crippen LogP contribution in [-0.4, -0.2) is 36.8 Å². The normalized spacial score (nSPS) is 14.3. The molecule has 110 valence electrons. The fourth-order valence-corrected chi connectivity index (χ4v) is 1.90. The van der Waals surface area contributed by atoms with Crippen molar-refractivity contribution in [3.05, 3.63) is 12.7 Å². The van der Waals surface area contributed by atoms with Gasteiger partial charge in [-0.05, 0) is 27.2 Å². The third kappa shape index (κ3) is 8.56. The Bertz CT molecular complexity index is 362. The van der Waals surface area contributed by atoms with Crippen LogP contribution in [0.5, 0.6) is 0 Å². The second-order valence-electron chi connectivity index (χ2n) is 4.94. The molecule has 6 nitrogen and oxygen atoms in total. The highest BCUT2D eigenvalue weighted by atomic mass is 31.1. The zero-order chi connectivity index (χ0) is 15.1. The summed E-state index contributed by atoms with van der Waals surface area (Å²) in [6.07, 6.45) is 0.848. The van der Waals surface area contributed by atoms with Gasteiger partial charge in [0.15, 0.2) is 13.8 Å². The molecule has 0 radical (unpaired) electrons. The largest absolute Gasteiger partial charge is 0.444 e. The Balaban J connectivity index is 4.56. The summed E-state index contributed by atoms with van der Waals surface area (Å²) in [5.41, 5.74) is -0.647. The van der Waals surface area contributed by atoms with Crippen molar-refractivity contribution in [1.82, 2.24) is 5.32 Å². The second-order valence-corrected chi connectivity index (χ2v) is 6.45. The molecule has 0 heterocycles. The number of hydrogen-bond donors (Lipinski definition) is 1. The molecule has 2 atom stereocenters. The van der Waals surface area contributed by atoms with Gasteiger partial charge >= 0.3 is 6.09 Å². The first-order valence-electron chi connectivity index (χ1n) is 5.89. The number of ether oxygens (including phenoxy) is 1. The molecule has 0 aromatic carbocycles. The molecule has 0 aliphatic rings. The van der Waals surface area contributed by atoms with Gasteiger partial charge in [-0.2, -0.15) is 0 Å². The van der Waals surface area contributed by atoms with E-state index in [2.05, 4.69) is 16.4 Å². The highest BCUT2D eigenvalue weighted by molar-refractivity contribution is 7.40. The van der Waals surface area contributed by atoms with Gasteiger partial charge in [-0.25, -0.2) is 4.79 Å².